The summed E-state index contributed by atoms with van der Waals surface area (Å²) in [5.74, 6) is -1.18. The molecule has 4 rings (SSSR count). The van der Waals surface area contributed by atoms with Gasteiger partial charge in [0.25, 0.3) is 5.91 Å². The molecule has 0 bridgehead atoms. The van der Waals surface area contributed by atoms with Gasteiger partial charge in [-0.2, -0.15) is 26.3 Å². The number of aryl methyl sites for hydroxylation is 1. The van der Waals surface area contributed by atoms with Crippen LogP contribution in [0.3, 0.4) is 0 Å². The van der Waals surface area contributed by atoms with Gasteiger partial charge in [-0.15, -0.1) is 0 Å². The topological polar surface area (TPSA) is 67.4 Å². The number of rotatable bonds is 11. The zero-order valence-corrected chi connectivity index (χ0v) is 28.0. The van der Waals surface area contributed by atoms with Crippen LogP contribution in [0.1, 0.15) is 71.3 Å². The van der Waals surface area contributed by atoms with Crippen molar-refractivity contribution in [3.05, 3.63) is 111 Å². The SMILES string of the molecule is CCOC(=O)CCNC(=O)c1ccc(-c2cc(C(F)(F)F)cc(C(C)C)c2CNc2ccc(-c3ccc(C(F)(F)F)cc3C)c(Cl)c2)cc1. The van der Waals surface area contributed by atoms with Gasteiger partial charge in [0, 0.05) is 29.9 Å². The molecule has 0 aliphatic carbocycles. The Balaban J connectivity index is 1.63. The molecule has 49 heavy (non-hydrogen) atoms. The fraction of sp³-hybridized carbons (Fsp3) is 0.297. The molecule has 0 aliphatic heterocycles. The Hall–Kier alpha value is -4.51. The highest BCUT2D eigenvalue weighted by molar-refractivity contribution is 6.33. The summed E-state index contributed by atoms with van der Waals surface area (Å²) in [6.07, 6.45) is -9.09. The molecular formula is C37H35ClF6N2O3. The van der Waals surface area contributed by atoms with E-state index in [1.165, 1.54) is 18.2 Å². The van der Waals surface area contributed by atoms with E-state index in [1.54, 1.807) is 58.0 Å². The zero-order valence-electron chi connectivity index (χ0n) is 27.2. The van der Waals surface area contributed by atoms with Crippen LogP contribution in [0.5, 0.6) is 0 Å². The van der Waals surface area contributed by atoms with Gasteiger partial charge in [-0.25, -0.2) is 0 Å². The maximum absolute atomic E-state index is 14.1. The lowest BCUT2D eigenvalue weighted by atomic mass is 9.87. The Morgan fingerprint density at radius 3 is 2.04 bits per heavy atom. The largest absolute Gasteiger partial charge is 0.466 e. The Kier molecular flexibility index (Phi) is 11.7. The highest BCUT2D eigenvalue weighted by Gasteiger charge is 2.33. The van der Waals surface area contributed by atoms with Crippen molar-refractivity contribution in [1.82, 2.24) is 5.32 Å². The van der Waals surface area contributed by atoms with Crippen molar-refractivity contribution in [3.8, 4) is 22.3 Å². The second-order valence-electron chi connectivity index (χ2n) is 11.7. The van der Waals surface area contributed by atoms with E-state index in [-0.39, 0.29) is 42.6 Å². The van der Waals surface area contributed by atoms with Gasteiger partial charge in [0.15, 0.2) is 0 Å². The number of nitrogens with one attached hydrogen (secondary N) is 2. The van der Waals surface area contributed by atoms with Gasteiger partial charge in [0.05, 0.1) is 29.2 Å². The van der Waals surface area contributed by atoms with E-state index in [0.717, 1.165) is 24.3 Å². The summed E-state index contributed by atoms with van der Waals surface area (Å²) in [6.45, 7) is 7.25. The van der Waals surface area contributed by atoms with E-state index in [2.05, 4.69) is 10.6 Å². The molecule has 0 spiro atoms. The van der Waals surface area contributed by atoms with Crippen molar-refractivity contribution in [2.45, 2.75) is 58.9 Å². The van der Waals surface area contributed by atoms with Crippen molar-refractivity contribution in [2.75, 3.05) is 18.5 Å². The van der Waals surface area contributed by atoms with Crippen LogP contribution >= 0.6 is 11.6 Å². The van der Waals surface area contributed by atoms with Crippen molar-refractivity contribution in [2.24, 2.45) is 0 Å². The molecule has 0 heterocycles. The number of alkyl halides is 6. The highest BCUT2D eigenvalue weighted by Crippen LogP contribution is 2.40. The van der Waals surface area contributed by atoms with Crippen molar-refractivity contribution < 1.29 is 40.7 Å². The average Bonchev–Trinajstić information content (AvgIpc) is 3.03. The number of carbonyl (C=O) groups is 2. The molecule has 0 fully saturated rings. The van der Waals surface area contributed by atoms with Crippen molar-refractivity contribution in [3.63, 3.8) is 0 Å². The molecule has 0 radical (unpaired) electrons. The third-order valence-electron chi connectivity index (χ3n) is 7.89. The number of ether oxygens (including phenoxy) is 1. The Bertz CT molecular complexity index is 1820. The van der Waals surface area contributed by atoms with Gasteiger partial charge in [-0.3, -0.25) is 9.59 Å². The minimum Gasteiger partial charge on any atom is -0.466 e. The summed E-state index contributed by atoms with van der Waals surface area (Å²) in [4.78, 5) is 24.2. The van der Waals surface area contributed by atoms with E-state index < -0.39 is 35.4 Å². The molecule has 0 aromatic heterocycles. The Morgan fingerprint density at radius 2 is 1.47 bits per heavy atom. The first-order valence-electron chi connectivity index (χ1n) is 15.5. The average molecular weight is 705 g/mol. The highest BCUT2D eigenvalue weighted by atomic mass is 35.5. The number of anilines is 1. The van der Waals surface area contributed by atoms with Crippen molar-refractivity contribution in [1.29, 1.82) is 0 Å². The third-order valence-corrected chi connectivity index (χ3v) is 8.21. The van der Waals surface area contributed by atoms with Gasteiger partial charge in [-0.1, -0.05) is 49.7 Å². The molecular weight excluding hydrogens is 670 g/mol. The van der Waals surface area contributed by atoms with E-state index in [9.17, 15) is 35.9 Å². The minimum atomic E-state index is -4.61. The second kappa shape index (κ2) is 15.4. The standard InChI is InChI=1S/C37H35ClF6N2O3/c1-5-49-34(47)14-15-45-35(48)24-8-6-23(7-9-24)31-18-26(37(42,43)44)17-30(21(2)3)32(31)20-46-27-11-13-29(33(38)19-27)28-12-10-25(16-22(28)4)36(39,40)41/h6-13,16-19,21,46H,5,14-15,20H2,1-4H3,(H,45,48). The number of halogens is 7. The lowest BCUT2D eigenvalue weighted by molar-refractivity contribution is -0.143. The van der Waals surface area contributed by atoms with E-state index in [1.807, 2.05) is 0 Å². The molecule has 4 aromatic carbocycles. The minimum absolute atomic E-state index is 0.00112. The van der Waals surface area contributed by atoms with E-state index >= 15 is 0 Å². The quantitative estimate of drug-likeness (QED) is 0.120. The summed E-state index contributed by atoms with van der Waals surface area (Å²) in [7, 11) is 0. The third kappa shape index (κ3) is 9.35. The normalized spacial score (nSPS) is 11.8. The van der Waals surface area contributed by atoms with Crippen LogP contribution in [0, 0.1) is 6.92 Å². The van der Waals surface area contributed by atoms with Crippen LogP contribution in [0.15, 0.2) is 72.8 Å². The smallest absolute Gasteiger partial charge is 0.416 e. The number of carbonyl (C=O) groups excluding carboxylic acids is 2. The fourth-order valence-corrected chi connectivity index (χ4v) is 5.70. The van der Waals surface area contributed by atoms with Gasteiger partial charge in [0.2, 0.25) is 0 Å². The van der Waals surface area contributed by atoms with Crippen LogP contribution in [0.4, 0.5) is 32.0 Å². The zero-order chi connectivity index (χ0) is 36.1. The number of benzene rings is 4. The first-order chi connectivity index (χ1) is 23.0. The lowest BCUT2D eigenvalue weighted by Crippen LogP contribution is -2.26. The molecule has 2 N–H and O–H groups in total. The van der Waals surface area contributed by atoms with Crippen LogP contribution in [-0.4, -0.2) is 25.0 Å². The van der Waals surface area contributed by atoms with Crippen LogP contribution < -0.4 is 10.6 Å². The number of hydrogen-bond acceptors (Lipinski definition) is 4. The molecule has 0 saturated carbocycles. The molecule has 0 saturated heterocycles. The molecule has 0 aliphatic rings. The number of amides is 1. The summed E-state index contributed by atoms with van der Waals surface area (Å²) >= 11 is 6.59. The summed E-state index contributed by atoms with van der Waals surface area (Å²) in [5.41, 5.74) is 2.56. The maximum Gasteiger partial charge on any atom is 0.416 e. The molecule has 5 nitrogen and oxygen atoms in total. The molecule has 0 unspecified atom stereocenters. The summed E-state index contributed by atoms with van der Waals surface area (Å²) in [6, 6.07) is 16.8. The lowest BCUT2D eigenvalue weighted by Gasteiger charge is -2.22. The first kappa shape index (κ1) is 37.3. The fourth-order valence-electron chi connectivity index (χ4n) is 5.42. The van der Waals surface area contributed by atoms with Crippen LogP contribution in [0.25, 0.3) is 22.3 Å². The number of hydrogen-bond donors (Lipinski definition) is 2. The van der Waals surface area contributed by atoms with Gasteiger partial charge in [-0.05, 0) is 102 Å². The van der Waals surface area contributed by atoms with Gasteiger partial charge < -0.3 is 15.4 Å². The summed E-state index contributed by atoms with van der Waals surface area (Å²) in [5, 5.41) is 6.15. The first-order valence-corrected chi connectivity index (χ1v) is 15.9. The molecule has 12 heteroatoms. The predicted molar refractivity (Wildman–Crippen MR) is 179 cm³/mol. The second-order valence-corrected chi connectivity index (χ2v) is 12.1. The van der Waals surface area contributed by atoms with Crippen molar-refractivity contribution >= 4 is 29.2 Å². The maximum atomic E-state index is 14.1. The molecule has 0 atom stereocenters. The Morgan fingerprint density at radius 1 is 0.816 bits per heavy atom. The van der Waals surface area contributed by atoms with Gasteiger partial charge >= 0.3 is 18.3 Å². The van der Waals surface area contributed by atoms with E-state index in [4.69, 9.17) is 16.3 Å². The molecule has 4 aromatic rings. The molecule has 1 amide bonds. The molecule has 260 valence electrons. The summed E-state index contributed by atoms with van der Waals surface area (Å²) < 4.78 is 86.5. The monoisotopic (exact) mass is 704 g/mol. The van der Waals surface area contributed by atoms with E-state index in [0.29, 0.717) is 44.6 Å². The predicted octanol–water partition coefficient (Wildman–Crippen LogP) is 10.4. The Labute approximate surface area is 285 Å². The van der Waals surface area contributed by atoms with Crippen LogP contribution in [-0.2, 0) is 28.4 Å². The van der Waals surface area contributed by atoms with Gasteiger partial charge in [0.1, 0.15) is 0 Å². The van der Waals surface area contributed by atoms with Crippen LogP contribution in [0.2, 0.25) is 5.02 Å². The number of esters is 1.